The van der Waals surface area contributed by atoms with E-state index in [2.05, 4.69) is 12.2 Å². The molecule has 1 aromatic carbocycles. The molecule has 0 amide bonds. The van der Waals surface area contributed by atoms with Crippen LogP contribution in [0.2, 0.25) is 0 Å². The van der Waals surface area contributed by atoms with Gasteiger partial charge in [0.05, 0.1) is 0 Å². The van der Waals surface area contributed by atoms with Crippen molar-refractivity contribution in [2.45, 2.75) is 57.9 Å². The number of allylic oxidation sites excluding steroid dienone is 2. The first-order chi connectivity index (χ1) is 13.6. The lowest BCUT2D eigenvalue weighted by Crippen LogP contribution is -2.08. The van der Waals surface area contributed by atoms with Gasteiger partial charge in [-0.25, -0.2) is 0 Å². The van der Waals surface area contributed by atoms with Crippen LogP contribution in [0.4, 0.5) is 0 Å². The number of unbranched alkanes of at least 4 members (excludes halogenated alkanes) is 1. The second-order valence-electron chi connectivity index (χ2n) is 8.07. The molecule has 3 unspecified atom stereocenters. The van der Waals surface area contributed by atoms with Crippen molar-refractivity contribution >= 4 is 27.4 Å². The average molecular weight is 402 g/mol. The number of fused-ring (bicyclic) bond motifs is 3. The predicted molar refractivity (Wildman–Crippen MR) is 116 cm³/mol. The van der Waals surface area contributed by atoms with Crippen LogP contribution in [0.15, 0.2) is 35.7 Å². The Morgan fingerprint density at radius 1 is 1.25 bits per heavy atom. The van der Waals surface area contributed by atoms with Gasteiger partial charge in [-0.3, -0.25) is 4.79 Å². The average Bonchev–Trinajstić information content (AvgIpc) is 3.39. The molecule has 4 nitrogen and oxygen atoms in total. The predicted octanol–water partition coefficient (Wildman–Crippen LogP) is 5.69. The lowest BCUT2D eigenvalue weighted by Gasteiger charge is -2.19. The number of carbonyl (C=O) groups is 1. The zero-order chi connectivity index (χ0) is 19.9. The van der Waals surface area contributed by atoms with Gasteiger partial charge in [-0.15, -0.1) is 11.3 Å². The second kappa shape index (κ2) is 10.1. The number of hydrogen-bond donors (Lipinski definition) is 3. The van der Waals surface area contributed by atoms with Crippen LogP contribution in [-0.4, -0.2) is 16.2 Å². The molecule has 1 aromatic heterocycles. The number of carboxylic acid groups (broad SMARTS) is 1. The summed E-state index contributed by atoms with van der Waals surface area (Å²) in [6.45, 7) is 0.531. The van der Waals surface area contributed by atoms with Crippen molar-refractivity contribution < 1.29 is 15.0 Å². The highest BCUT2D eigenvalue weighted by Gasteiger charge is 2.38. The van der Waals surface area contributed by atoms with Gasteiger partial charge < -0.3 is 15.9 Å². The molecule has 0 saturated heterocycles. The Balaban J connectivity index is 0.000000167. The van der Waals surface area contributed by atoms with Crippen molar-refractivity contribution in [2.24, 2.45) is 23.5 Å². The van der Waals surface area contributed by atoms with Crippen LogP contribution in [0.25, 0.3) is 10.1 Å². The summed E-state index contributed by atoms with van der Waals surface area (Å²) in [4.78, 5) is 10.3. The maximum Gasteiger partial charge on any atom is 0.303 e. The molecule has 2 bridgehead atoms. The van der Waals surface area contributed by atoms with Gasteiger partial charge in [0.15, 0.2) is 0 Å². The highest BCUT2D eigenvalue weighted by Crippen LogP contribution is 2.49. The first-order valence-corrected chi connectivity index (χ1v) is 11.2. The smallest absolute Gasteiger partial charge is 0.303 e. The Kier molecular flexibility index (Phi) is 7.51. The minimum atomic E-state index is -0.679. The summed E-state index contributed by atoms with van der Waals surface area (Å²) in [6, 6.07) is 5.36. The molecule has 3 atom stereocenters. The Morgan fingerprint density at radius 3 is 2.79 bits per heavy atom. The molecule has 2 aliphatic rings. The van der Waals surface area contributed by atoms with E-state index in [-0.39, 0.29) is 0 Å². The quantitative estimate of drug-likeness (QED) is 0.411. The Morgan fingerprint density at radius 2 is 2.11 bits per heavy atom. The molecule has 0 aliphatic heterocycles. The van der Waals surface area contributed by atoms with Crippen LogP contribution in [-0.2, 0) is 11.3 Å². The van der Waals surface area contributed by atoms with Gasteiger partial charge in [0.1, 0.15) is 5.75 Å². The molecule has 0 spiro atoms. The lowest BCUT2D eigenvalue weighted by molar-refractivity contribution is -0.137. The maximum absolute atomic E-state index is 10.3. The molecule has 4 N–H and O–H groups in total. The second-order valence-corrected chi connectivity index (χ2v) is 8.98. The summed E-state index contributed by atoms with van der Waals surface area (Å²) < 4.78 is 1.17. The fourth-order valence-corrected chi connectivity index (χ4v) is 5.61. The van der Waals surface area contributed by atoms with Crippen LogP contribution in [0.3, 0.4) is 0 Å². The SMILES string of the molecule is NCc1csc2ccc(O)cc12.O=C(O)CCC/C=C\CC1CC2CCC1C2. The number of carboxylic acids is 1. The molecule has 28 heavy (non-hydrogen) atoms. The van der Waals surface area contributed by atoms with Crippen molar-refractivity contribution in [3.05, 3.63) is 41.3 Å². The van der Waals surface area contributed by atoms with Crippen LogP contribution < -0.4 is 5.73 Å². The van der Waals surface area contributed by atoms with E-state index < -0.39 is 5.97 Å². The molecule has 2 saturated carbocycles. The Hall–Kier alpha value is -1.85. The molecule has 1 heterocycles. The number of benzene rings is 1. The molecule has 2 fully saturated rings. The molecule has 152 valence electrons. The zero-order valence-corrected chi connectivity index (χ0v) is 17.2. The van der Waals surface area contributed by atoms with Gasteiger partial charge in [0.2, 0.25) is 0 Å². The molecule has 4 rings (SSSR count). The van der Waals surface area contributed by atoms with Crippen LogP contribution in [0.1, 0.15) is 56.9 Å². The normalized spacial score (nSPS) is 23.2. The standard InChI is InChI=1S/C14H22O2.C9H9NOS/c15-14(16)6-4-2-1-3-5-12-9-11-7-8-13(12)10-11;10-4-6-5-12-9-2-1-7(11)3-8(6)9/h1,3,11-13H,2,4-10H2,(H,15,16);1-3,5,11H,4,10H2/b3-1-;. The van der Waals surface area contributed by atoms with Crippen LogP contribution in [0.5, 0.6) is 5.75 Å². The summed E-state index contributed by atoms with van der Waals surface area (Å²) in [5, 5.41) is 20.8. The number of nitrogens with two attached hydrogens (primary N) is 1. The number of thiophene rings is 1. The lowest BCUT2D eigenvalue weighted by atomic mass is 9.86. The van der Waals surface area contributed by atoms with Crippen LogP contribution >= 0.6 is 11.3 Å². The first kappa shape index (κ1) is 20.9. The Bertz CT molecular complexity index is 813. The summed E-state index contributed by atoms with van der Waals surface area (Å²) in [5.41, 5.74) is 6.64. The molecule has 2 aromatic rings. The monoisotopic (exact) mass is 401 g/mol. The van der Waals surface area contributed by atoms with Crippen molar-refractivity contribution in [1.82, 2.24) is 0 Å². The minimum absolute atomic E-state index is 0.301. The third-order valence-electron chi connectivity index (χ3n) is 6.11. The molecular weight excluding hydrogens is 370 g/mol. The highest BCUT2D eigenvalue weighted by atomic mass is 32.1. The topological polar surface area (TPSA) is 83.5 Å². The minimum Gasteiger partial charge on any atom is -0.508 e. The number of aromatic hydroxyl groups is 1. The van der Waals surface area contributed by atoms with E-state index >= 15 is 0 Å². The van der Waals surface area contributed by atoms with Gasteiger partial charge in [0, 0.05) is 23.1 Å². The summed E-state index contributed by atoms with van der Waals surface area (Å²) >= 11 is 1.66. The van der Waals surface area contributed by atoms with Gasteiger partial charge in [0.25, 0.3) is 0 Å². The maximum atomic E-state index is 10.3. The molecule has 0 radical (unpaired) electrons. The van der Waals surface area contributed by atoms with E-state index in [1.54, 1.807) is 23.5 Å². The van der Waals surface area contributed by atoms with E-state index in [0.29, 0.717) is 18.7 Å². The first-order valence-electron chi connectivity index (χ1n) is 10.3. The third-order valence-corrected chi connectivity index (χ3v) is 7.12. The number of rotatable bonds is 7. The largest absolute Gasteiger partial charge is 0.508 e. The third kappa shape index (κ3) is 5.58. The number of aliphatic carboxylic acids is 1. The molecule has 2 aliphatic carbocycles. The molecule has 5 heteroatoms. The fourth-order valence-electron chi connectivity index (χ4n) is 4.65. The van der Waals surface area contributed by atoms with Crippen molar-refractivity contribution in [3.8, 4) is 5.75 Å². The Labute approximate surface area is 171 Å². The van der Waals surface area contributed by atoms with Crippen LogP contribution in [0, 0.1) is 17.8 Å². The summed E-state index contributed by atoms with van der Waals surface area (Å²) in [5.74, 6) is 2.61. The van der Waals surface area contributed by atoms with E-state index in [1.165, 1.54) is 36.8 Å². The van der Waals surface area contributed by atoms with Crippen molar-refractivity contribution in [3.63, 3.8) is 0 Å². The van der Waals surface area contributed by atoms with Gasteiger partial charge in [-0.1, -0.05) is 18.6 Å². The number of phenolic OH excluding ortho intramolecular Hbond substituents is 1. The van der Waals surface area contributed by atoms with E-state index in [4.69, 9.17) is 10.8 Å². The molecular formula is C23H31NO3S. The van der Waals surface area contributed by atoms with Gasteiger partial charge in [-0.2, -0.15) is 0 Å². The van der Waals surface area contributed by atoms with Crippen molar-refractivity contribution in [1.29, 1.82) is 0 Å². The fraction of sp³-hybridized carbons (Fsp3) is 0.522. The van der Waals surface area contributed by atoms with Gasteiger partial charge in [-0.05, 0) is 85.4 Å². The summed E-state index contributed by atoms with van der Waals surface area (Å²) in [7, 11) is 0. The number of phenols is 1. The highest BCUT2D eigenvalue weighted by molar-refractivity contribution is 7.17. The van der Waals surface area contributed by atoms with Gasteiger partial charge >= 0.3 is 5.97 Å². The number of hydrogen-bond acceptors (Lipinski definition) is 4. The zero-order valence-electron chi connectivity index (χ0n) is 16.3. The van der Waals surface area contributed by atoms with E-state index in [9.17, 15) is 9.90 Å². The summed E-state index contributed by atoms with van der Waals surface area (Å²) in [6.07, 6.45) is 13.6. The van der Waals surface area contributed by atoms with E-state index in [0.717, 1.165) is 41.5 Å². The van der Waals surface area contributed by atoms with Crippen molar-refractivity contribution in [2.75, 3.05) is 0 Å². The van der Waals surface area contributed by atoms with E-state index in [1.807, 2.05) is 11.4 Å².